The van der Waals surface area contributed by atoms with Gasteiger partial charge < -0.3 is 4.74 Å². The van der Waals surface area contributed by atoms with Crippen molar-refractivity contribution in [2.24, 2.45) is 5.41 Å². The van der Waals surface area contributed by atoms with E-state index in [1.807, 2.05) is 0 Å². The van der Waals surface area contributed by atoms with Gasteiger partial charge in [-0.05, 0) is 6.42 Å². The molecule has 0 amide bonds. The molecule has 0 aromatic heterocycles. The van der Waals surface area contributed by atoms with Crippen molar-refractivity contribution in [1.82, 2.24) is 0 Å². The second-order valence-corrected chi connectivity index (χ2v) is 8.26. The van der Waals surface area contributed by atoms with Crippen LogP contribution in [0.25, 0.3) is 0 Å². The number of ether oxygens (including phenoxy) is 1. The zero-order valence-corrected chi connectivity index (χ0v) is 12.2. The highest BCUT2D eigenvalue weighted by molar-refractivity contribution is 7.87. The molecule has 1 atom stereocenters. The molecule has 19 heavy (non-hydrogen) atoms. The van der Waals surface area contributed by atoms with Crippen molar-refractivity contribution in [2.75, 3.05) is 18.1 Å². The molecule has 0 aliphatic carbocycles. The fraction of sp³-hybridized carbons (Fsp3) is 0.889. The van der Waals surface area contributed by atoms with Crippen LogP contribution < -0.4 is 0 Å². The lowest BCUT2D eigenvalue weighted by Crippen LogP contribution is -2.35. The summed E-state index contributed by atoms with van der Waals surface area (Å²) in [7, 11) is -8.29. The lowest BCUT2D eigenvalue weighted by molar-refractivity contribution is -0.143. The first-order valence-corrected chi connectivity index (χ1v) is 8.64. The van der Waals surface area contributed by atoms with Crippen LogP contribution in [0.2, 0.25) is 0 Å². The number of esters is 1. The summed E-state index contributed by atoms with van der Waals surface area (Å²) in [6.07, 6.45) is -1.55. The van der Waals surface area contributed by atoms with E-state index in [1.54, 1.807) is 13.8 Å². The Morgan fingerprint density at radius 2 is 1.89 bits per heavy atom. The van der Waals surface area contributed by atoms with Gasteiger partial charge in [0.15, 0.2) is 6.10 Å². The summed E-state index contributed by atoms with van der Waals surface area (Å²) >= 11 is 0. The van der Waals surface area contributed by atoms with Crippen molar-refractivity contribution in [1.29, 1.82) is 0 Å². The molecule has 0 spiro atoms. The lowest BCUT2D eigenvalue weighted by Gasteiger charge is -2.21. The van der Waals surface area contributed by atoms with E-state index in [2.05, 4.69) is 0 Å². The van der Waals surface area contributed by atoms with Crippen LogP contribution in [0, 0.1) is 5.41 Å². The lowest BCUT2D eigenvalue weighted by atomic mass is 9.90. The molecule has 1 fully saturated rings. The maximum Gasteiger partial charge on any atom is 0.337 e. The Labute approximate surface area is 112 Å². The van der Waals surface area contributed by atoms with Crippen LogP contribution in [-0.4, -0.2) is 51.6 Å². The molecule has 1 rings (SSSR count). The minimum Gasteiger partial charge on any atom is -0.463 e. The largest absolute Gasteiger partial charge is 0.463 e. The molecule has 0 aromatic rings. The summed E-state index contributed by atoms with van der Waals surface area (Å²) in [5, 5.41) is 0. The first kappa shape index (κ1) is 16.3. The normalized spacial score (nSPS) is 23.3. The molecule has 1 heterocycles. The number of rotatable bonds is 6. The minimum atomic E-state index is -4.22. The van der Waals surface area contributed by atoms with Gasteiger partial charge in [0.1, 0.15) is 0 Å². The Morgan fingerprint density at radius 1 is 1.32 bits per heavy atom. The molecule has 112 valence electrons. The molecule has 0 bridgehead atoms. The van der Waals surface area contributed by atoms with Crippen LogP contribution in [0.5, 0.6) is 0 Å². The van der Waals surface area contributed by atoms with Gasteiger partial charge in [0.05, 0.1) is 18.1 Å². The van der Waals surface area contributed by atoms with E-state index < -0.39 is 49.2 Å². The van der Waals surface area contributed by atoms with E-state index in [9.17, 15) is 21.6 Å². The maximum absolute atomic E-state index is 11.6. The summed E-state index contributed by atoms with van der Waals surface area (Å²) in [6.45, 7) is 3.30. The van der Waals surface area contributed by atoms with Crippen LogP contribution in [0.15, 0.2) is 0 Å². The summed E-state index contributed by atoms with van der Waals surface area (Å²) < 4.78 is 62.1. The van der Waals surface area contributed by atoms with Crippen LogP contribution in [0.4, 0.5) is 0 Å². The smallest absolute Gasteiger partial charge is 0.337 e. The van der Waals surface area contributed by atoms with Gasteiger partial charge in [0, 0.05) is 5.41 Å². The number of cyclic esters (lactones) is 1. The van der Waals surface area contributed by atoms with E-state index in [0.29, 0.717) is 0 Å². The van der Waals surface area contributed by atoms with E-state index in [0.717, 1.165) is 0 Å². The highest BCUT2D eigenvalue weighted by Crippen LogP contribution is 2.32. The number of carbonyl (C=O) groups is 1. The molecule has 1 aliphatic rings. The molecule has 8 nitrogen and oxygen atoms in total. The third kappa shape index (κ3) is 5.05. The average Bonchev–Trinajstić information content (AvgIpc) is 2.42. The summed E-state index contributed by atoms with van der Waals surface area (Å²) in [5.41, 5.74) is -0.771. The van der Waals surface area contributed by atoms with Crippen molar-refractivity contribution in [3.8, 4) is 0 Å². The summed E-state index contributed by atoms with van der Waals surface area (Å²) in [5.74, 6) is -2.05. The van der Waals surface area contributed by atoms with Crippen molar-refractivity contribution in [3.63, 3.8) is 0 Å². The molecule has 1 N–H and O–H groups in total. The van der Waals surface area contributed by atoms with Crippen molar-refractivity contribution < 1.29 is 35.1 Å². The predicted molar refractivity (Wildman–Crippen MR) is 64.4 cm³/mol. The topological polar surface area (TPSA) is 124 Å². The molecule has 0 radical (unpaired) electrons. The van der Waals surface area contributed by atoms with Crippen molar-refractivity contribution in [2.45, 2.75) is 26.4 Å². The quantitative estimate of drug-likeness (QED) is 0.397. The Hall–Kier alpha value is -0.710. The van der Waals surface area contributed by atoms with Gasteiger partial charge in [-0.3, -0.25) is 8.74 Å². The van der Waals surface area contributed by atoms with Gasteiger partial charge in [0.2, 0.25) is 0 Å². The van der Waals surface area contributed by atoms with E-state index in [1.165, 1.54) is 0 Å². The average molecular weight is 316 g/mol. The number of hydrogen-bond donors (Lipinski definition) is 1. The van der Waals surface area contributed by atoms with Gasteiger partial charge in [-0.1, -0.05) is 13.8 Å². The number of carbonyl (C=O) groups excluding carboxylic acids is 1. The molecule has 1 aliphatic heterocycles. The third-order valence-corrected chi connectivity index (χ3v) is 4.63. The second-order valence-electron chi connectivity index (χ2n) is 4.97. The first-order valence-electron chi connectivity index (χ1n) is 5.46. The molecular formula is C9H16O8S2. The van der Waals surface area contributed by atoms with Crippen LogP contribution in [0.3, 0.4) is 0 Å². The zero-order chi connectivity index (χ0) is 14.9. The van der Waals surface area contributed by atoms with Crippen LogP contribution in [-0.2, 0) is 34.0 Å². The Morgan fingerprint density at radius 3 is 2.32 bits per heavy atom. The highest BCUT2D eigenvalue weighted by atomic mass is 32.2. The molecule has 1 saturated heterocycles. The van der Waals surface area contributed by atoms with Gasteiger partial charge in [-0.15, -0.1) is 0 Å². The second kappa shape index (κ2) is 5.35. The third-order valence-electron chi connectivity index (χ3n) is 2.55. The van der Waals surface area contributed by atoms with E-state index in [4.69, 9.17) is 13.5 Å². The van der Waals surface area contributed by atoms with Crippen molar-refractivity contribution >= 4 is 26.2 Å². The highest BCUT2D eigenvalue weighted by Gasteiger charge is 2.47. The fourth-order valence-electron chi connectivity index (χ4n) is 1.51. The summed E-state index contributed by atoms with van der Waals surface area (Å²) in [6, 6.07) is 0. The van der Waals surface area contributed by atoms with Gasteiger partial charge >= 0.3 is 5.97 Å². The predicted octanol–water partition coefficient (Wildman–Crippen LogP) is -0.438. The van der Waals surface area contributed by atoms with Gasteiger partial charge in [-0.25, -0.2) is 4.79 Å². The monoisotopic (exact) mass is 316 g/mol. The van der Waals surface area contributed by atoms with Crippen molar-refractivity contribution in [3.05, 3.63) is 0 Å². The van der Waals surface area contributed by atoms with Gasteiger partial charge in [-0.2, -0.15) is 16.8 Å². The van der Waals surface area contributed by atoms with E-state index >= 15 is 0 Å². The van der Waals surface area contributed by atoms with Gasteiger partial charge in [0.25, 0.3) is 20.2 Å². The molecular weight excluding hydrogens is 300 g/mol. The Balaban J connectivity index is 2.62. The zero-order valence-electron chi connectivity index (χ0n) is 10.5. The Kier molecular flexibility index (Phi) is 4.60. The standard InChI is InChI=1S/C9H16O8S2/c1-9(2)6-16-8(10)7(9)17-19(14,15)5-3-4-18(11,12)13/h7H,3-6H2,1-2H3,(H,11,12,13). The fourth-order valence-corrected chi connectivity index (χ4v) is 3.43. The van der Waals surface area contributed by atoms with E-state index in [-0.39, 0.29) is 13.0 Å². The first-order chi connectivity index (χ1) is 8.43. The maximum atomic E-state index is 11.6. The number of hydrogen-bond acceptors (Lipinski definition) is 7. The summed E-state index contributed by atoms with van der Waals surface area (Å²) in [4.78, 5) is 11.4. The molecule has 0 saturated carbocycles. The molecule has 0 aromatic carbocycles. The molecule has 1 unspecified atom stereocenters. The molecule has 10 heteroatoms. The SMILES string of the molecule is CC1(C)COC(=O)C1OS(=O)(=O)CCCS(=O)(=O)O. The Bertz CT molecular complexity index is 545. The van der Waals surface area contributed by atoms with Crippen LogP contribution >= 0.6 is 0 Å². The van der Waals surface area contributed by atoms with Crippen LogP contribution in [0.1, 0.15) is 20.3 Å². The minimum absolute atomic E-state index is 0.0526.